The molecule has 0 aliphatic carbocycles. The molecule has 2 aromatic rings. The van der Waals surface area contributed by atoms with E-state index in [0.29, 0.717) is 11.3 Å². The molecule has 124 valence electrons. The third-order valence-electron chi connectivity index (χ3n) is 4.29. The van der Waals surface area contributed by atoms with E-state index in [1.54, 1.807) is 24.1 Å². The average molecular weight is 325 g/mol. The number of methoxy groups -OCH3 is 1. The predicted octanol–water partition coefficient (Wildman–Crippen LogP) is 4.68. The Morgan fingerprint density at radius 2 is 1.88 bits per heavy atom. The fraction of sp³-hybridized carbons (Fsp3) is 0.250. The lowest BCUT2D eigenvalue weighted by Crippen LogP contribution is -2.49. The van der Waals surface area contributed by atoms with Gasteiger partial charge in [0.1, 0.15) is 11.6 Å². The molecule has 0 bridgehead atoms. The lowest BCUT2D eigenvalue weighted by Gasteiger charge is -2.42. The van der Waals surface area contributed by atoms with Crippen molar-refractivity contribution in [1.82, 2.24) is 0 Å². The topological polar surface area (TPSA) is 29.5 Å². The van der Waals surface area contributed by atoms with Crippen LogP contribution in [-0.4, -0.2) is 18.6 Å². The molecule has 0 saturated carbocycles. The molecule has 0 atom stereocenters. The maximum Gasteiger partial charge on any atom is 0.259 e. The van der Waals surface area contributed by atoms with E-state index in [4.69, 9.17) is 4.74 Å². The van der Waals surface area contributed by atoms with Crippen LogP contribution < -0.4 is 9.64 Å². The number of fused-ring (bicyclic) bond motifs is 1. The number of allylic oxidation sites excluding steroid dienone is 1. The number of carbonyl (C=O) groups excluding carboxylic acids is 1. The van der Waals surface area contributed by atoms with E-state index < -0.39 is 11.4 Å². The van der Waals surface area contributed by atoms with E-state index in [1.807, 2.05) is 45.0 Å². The predicted molar refractivity (Wildman–Crippen MR) is 93.9 cm³/mol. The number of nitrogens with zero attached hydrogens (tertiary/aromatic N) is 1. The van der Waals surface area contributed by atoms with Crippen molar-refractivity contribution in [3.63, 3.8) is 0 Å². The van der Waals surface area contributed by atoms with Gasteiger partial charge in [0.25, 0.3) is 5.91 Å². The largest absolute Gasteiger partial charge is 0.495 e. The van der Waals surface area contributed by atoms with Crippen molar-refractivity contribution in [1.29, 1.82) is 0 Å². The second-order valence-electron chi connectivity index (χ2n) is 6.49. The quantitative estimate of drug-likeness (QED) is 0.802. The molecule has 0 unspecified atom stereocenters. The molecule has 0 aromatic heterocycles. The highest BCUT2D eigenvalue weighted by Crippen LogP contribution is 2.44. The monoisotopic (exact) mass is 325 g/mol. The van der Waals surface area contributed by atoms with E-state index in [1.165, 1.54) is 12.1 Å². The summed E-state index contributed by atoms with van der Waals surface area (Å²) in [6, 6.07) is 11.5. The molecule has 0 saturated heterocycles. The zero-order chi connectivity index (χ0) is 17.5. The van der Waals surface area contributed by atoms with Crippen molar-refractivity contribution in [2.75, 3.05) is 12.0 Å². The van der Waals surface area contributed by atoms with Gasteiger partial charge in [0.15, 0.2) is 0 Å². The highest BCUT2D eigenvalue weighted by atomic mass is 19.1. The van der Waals surface area contributed by atoms with E-state index in [-0.39, 0.29) is 5.91 Å². The number of hydrogen-bond donors (Lipinski definition) is 0. The van der Waals surface area contributed by atoms with Gasteiger partial charge in [-0.15, -0.1) is 0 Å². The summed E-state index contributed by atoms with van der Waals surface area (Å²) in [4.78, 5) is 14.9. The van der Waals surface area contributed by atoms with Crippen molar-refractivity contribution in [2.45, 2.75) is 26.3 Å². The second kappa shape index (κ2) is 5.78. The SMILES string of the molecule is COc1cccc2c1N(C(=O)c1cccc(F)c1)C(C)(C)C=C2C. The van der Waals surface area contributed by atoms with Crippen molar-refractivity contribution in [3.05, 3.63) is 65.5 Å². The molecule has 0 N–H and O–H groups in total. The number of ether oxygens (including phenoxy) is 1. The Balaban J connectivity index is 2.22. The van der Waals surface area contributed by atoms with Gasteiger partial charge < -0.3 is 4.74 Å². The Bertz CT molecular complexity index is 839. The van der Waals surface area contributed by atoms with Crippen LogP contribution in [0, 0.1) is 5.82 Å². The van der Waals surface area contributed by atoms with Crippen LogP contribution in [0.25, 0.3) is 5.57 Å². The van der Waals surface area contributed by atoms with Gasteiger partial charge in [0.2, 0.25) is 0 Å². The minimum atomic E-state index is -0.560. The minimum Gasteiger partial charge on any atom is -0.495 e. The number of anilines is 1. The van der Waals surface area contributed by atoms with Crippen molar-refractivity contribution in [3.8, 4) is 5.75 Å². The Morgan fingerprint density at radius 1 is 1.17 bits per heavy atom. The van der Waals surface area contributed by atoms with Crippen LogP contribution in [0.2, 0.25) is 0 Å². The molecular weight excluding hydrogens is 305 g/mol. The van der Waals surface area contributed by atoms with Crippen LogP contribution in [-0.2, 0) is 0 Å². The first kappa shape index (κ1) is 16.2. The van der Waals surface area contributed by atoms with Gasteiger partial charge in [0, 0.05) is 11.1 Å². The van der Waals surface area contributed by atoms with Crippen LogP contribution in [0.5, 0.6) is 5.75 Å². The third-order valence-corrected chi connectivity index (χ3v) is 4.29. The summed E-state index contributed by atoms with van der Waals surface area (Å²) in [6.07, 6.45) is 2.05. The zero-order valence-corrected chi connectivity index (χ0v) is 14.3. The zero-order valence-electron chi connectivity index (χ0n) is 14.3. The molecule has 1 amide bonds. The maximum absolute atomic E-state index is 13.6. The molecule has 0 radical (unpaired) electrons. The standard InChI is InChI=1S/C20H20FNO2/c1-13-12-20(2,3)22(18-16(13)9-6-10-17(18)24-4)19(23)14-7-5-8-15(21)11-14/h5-12H,1-4H3. The average Bonchev–Trinajstić information content (AvgIpc) is 2.53. The van der Waals surface area contributed by atoms with Gasteiger partial charge in [-0.1, -0.05) is 24.3 Å². The normalized spacial score (nSPS) is 15.5. The summed E-state index contributed by atoms with van der Waals surface area (Å²) in [7, 11) is 1.58. The van der Waals surface area contributed by atoms with Gasteiger partial charge >= 0.3 is 0 Å². The minimum absolute atomic E-state index is 0.256. The van der Waals surface area contributed by atoms with Crippen LogP contribution in [0.4, 0.5) is 10.1 Å². The first-order valence-corrected chi connectivity index (χ1v) is 7.82. The van der Waals surface area contributed by atoms with Crippen molar-refractivity contribution in [2.24, 2.45) is 0 Å². The van der Waals surface area contributed by atoms with E-state index in [0.717, 1.165) is 16.8 Å². The van der Waals surface area contributed by atoms with Gasteiger partial charge in [-0.2, -0.15) is 0 Å². The number of carbonyl (C=O) groups is 1. The molecule has 1 heterocycles. The van der Waals surface area contributed by atoms with Crippen LogP contribution >= 0.6 is 0 Å². The van der Waals surface area contributed by atoms with Gasteiger partial charge in [0.05, 0.1) is 18.3 Å². The van der Waals surface area contributed by atoms with Crippen LogP contribution in [0.3, 0.4) is 0 Å². The first-order chi connectivity index (χ1) is 11.3. The Hall–Kier alpha value is -2.62. The molecule has 1 aliphatic rings. The second-order valence-corrected chi connectivity index (χ2v) is 6.49. The lowest BCUT2D eigenvalue weighted by atomic mass is 9.87. The number of para-hydroxylation sites is 1. The highest BCUT2D eigenvalue weighted by molar-refractivity contribution is 6.10. The molecular formula is C20H20FNO2. The van der Waals surface area contributed by atoms with Gasteiger partial charge in [-0.25, -0.2) is 4.39 Å². The van der Waals surface area contributed by atoms with E-state index in [2.05, 4.69) is 0 Å². The Morgan fingerprint density at radius 3 is 2.54 bits per heavy atom. The Kier molecular flexibility index (Phi) is 3.91. The molecule has 3 rings (SSSR count). The molecule has 0 fully saturated rings. The number of halogens is 1. The number of rotatable bonds is 2. The molecule has 24 heavy (non-hydrogen) atoms. The first-order valence-electron chi connectivity index (χ1n) is 7.82. The lowest BCUT2D eigenvalue weighted by molar-refractivity contribution is 0.0969. The third kappa shape index (κ3) is 2.58. The summed E-state index contributed by atoms with van der Waals surface area (Å²) in [6.45, 7) is 5.94. The number of benzene rings is 2. The van der Waals surface area contributed by atoms with Crippen LogP contribution in [0.15, 0.2) is 48.5 Å². The molecule has 4 heteroatoms. The number of amides is 1. The van der Waals surface area contributed by atoms with Crippen molar-refractivity contribution < 1.29 is 13.9 Å². The van der Waals surface area contributed by atoms with E-state index >= 15 is 0 Å². The fourth-order valence-electron chi connectivity index (χ4n) is 3.31. The summed E-state index contributed by atoms with van der Waals surface area (Å²) >= 11 is 0. The summed E-state index contributed by atoms with van der Waals surface area (Å²) in [5, 5.41) is 0. The van der Waals surface area contributed by atoms with Gasteiger partial charge in [-0.3, -0.25) is 9.69 Å². The molecule has 1 aliphatic heterocycles. The molecule has 3 nitrogen and oxygen atoms in total. The molecule has 2 aromatic carbocycles. The molecule has 0 spiro atoms. The van der Waals surface area contributed by atoms with Crippen molar-refractivity contribution >= 4 is 17.2 Å². The summed E-state index contributed by atoms with van der Waals surface area (Å²) in [5.41, 5.74) is 2.50. The summed E-state index contributed by atoms with van der Waals surface area (Å²) < 4.78 is 19.1. The van der Waals surface area contributed by atoms with Gasteiger partial charge in [-0.05, 0) is 50.6 Å². The number of hydrogen-bond acceptors (Lipinski definition) is 2. The highest BCUT2D eigenvalue weighted by Gasteiger charge is 2.38. The summed E-state index contributed by atoms with van der Waals surface area (Å²) in [5.74, 6) is -0.0607. The van der Waals surface area contributed by atoms with E-state index in [9.17, 15) is 9.18 Å². The van der Waals surface area contributed by atoms with Crippen LogP contribution in [0.1, 0.15) is 36.7 Å². The smallest absolute Gasteiger partial charge is 0.259 e. The Labute approximate surface area is 141 Å². The fourth-order valence-corrected chi connectivity index (χ4v) is 3.31. The maximum atomic E-state index is 13.6.